The van der Waals surface area contributed by atoms with Crippen molar-refractivity contribution in [2.45, 2.75) is 10.9 Å². The number of carboxylic acid groups (broad SMARTS) is 1. The lowest BCUT2D eigenvalue weighted by molar-refractivity contribution is -0.139. The summed E-state index contributed by atoms with van der Waals surface area (Å²) in [7, 11) is -4.79. The second kappa shape index (κ2) is 6.71. The van der Waals surface area contributed by atoms with Crippen LogP contribution >= 0.6 is 0 Å². The molecule has 2 aromatic carbocycles. The summed E-state index contributed by atoms with van der Waals surface area (Å²) in [6, 6.07) is 4.43. The molecular formula is C17H13NO9S. The Balaban J connectivity index is 2.21. The zero-order valence-electron chi connectivity index (χ0n) is 13.9. The van der Waals surface area contributed by atoms with Crippen molar-refractivity contribution in [3.05, 3.63) is 52.6 Å². The van der Waals surface area contributed by atoms with Crippen LogP contribution in [0.1, 0.15) is 31.8 Å². The van der Waals surface area contributed by atoms with Gasteiger partial charge in [0.2, 0.25) is 10.0 Å². The van der Waals surface area contributed by atoms with Crippen LogP contribution in [0.15, 0.2) is 35.2 Å². The molecule has 28 heavy (non-hydrogen) atoms. The zero-order valence-corrected chi connectivity index (χ0v) is 14.7. The molecule has 0 aliphatic heterocycles. The summed E-state index contributed by atoms with van der Waals surface area (Å²) in [5.41, 5.74) is -1.05. The lowest BCUT2D eigenvalue weighted by Gasteiger charge is -2.21. The van der Waals surface area contributed by atoms with E-state index < -0.39 is 67.7 Å². The Kier molecular flexibility index (Phi) is 4.67. The maximum Gasteiger partial charge on any atom is 0.324 e. The number of carbonyl (C=O) groups is 3. The van der Waals surface area contributed by atoms with E-state index in [0.29, 0.717) is 6.07 Å². The number of fused-ring (bicyclic) bond motifs is 2. The van der Waals surface area contributed by atoms with Crippen molar-refractivity contribution < 1.29 is 43.2 Å². The van der Waals surface area contributed by atoms with E-state index in [1.165, 1.54) is 24.3 Å². The van der Waals surface area contributed by atoms with Crippen molar-refractivity contribution in [1.82, 2.24) is 4.72 Å². The number of sulfonamides is 1. The molecule has 2 aromatic rings. The topological polar surface area (TPSA) is 178 Å². The van der Waals surface area contributed by atoms with Gasteiger partial charge in [0.25, 0.3) is 0 Å². The highest BCUT2D eigenvalue weighted by Crippen LogP contribution is 2.42. The first-order valence-corrected chi connectivity index (χ1v) is 9.21. The van der Waals surface area contributed by atoms with Gasteiger partial charge >= 0.3 is 5.97 Å². The van der Waals surface area contributed by atoms with Crippen LogP contribution in [0, 0.1) is 0 Å². The van der Waals surface area contributed by atoms with Crippen molar-refractivity contribution in [2.24, 2.45) is 0 Å². The van der Waals surface area contributed by atoms with Gasteiger partial charge in [-0.3, -0.25) is 14.4 Å². The molecule has 0 saturated carbocycles. The van der Waals surface area contributed by atoms with Crippen molar-refractivity contribution >= 4 is 27.6 Å². The summed E-state index contributed by atoms with van der Waals surface area (Å²) in [5.74, 6) is -5.58. The molecule has 11 heteroatoms. The van der Waals surface area contributed by atoms with Gasteiger partial charge in [0.15, 0.2) is 23.1 Å². The number of phenolic OH excluding ortho intramolecular Hbond substituents is 2. The average molecular weight is 407 g/mol. The fourth-order valence-corrected chi connectivity index (χ4v) is 4.12. The number of hydrogen-bond acceptors (Lipinski definition) is 8. The van der Waals surface area contributed by atoms with Crippen LogP contribution in [0.2, 0.25) is 0 Å². The van der Waals surface area contributed by atoms with Crippen LogP contribution in [0.3, 0.4) is 0 Å². The van der Waals surface area contributed by atoms with E-state index in [0.717, 1.165) is 0 Å². The molecule has 1 aliphatic carbocycles. The Labute approximate surface area is 157 Å². The number of aliphatic carboxylic acids is 1. The minimum absolute atomic E-state index is 0.0137. The Hall–Kier alpha value is -3.28. The maximum atomic E-state index is 12.7. The number of hydrogen-bond donors (Lipinski definition) is 5. The van der Waals surface area contributed by atoms with Gasteiger partial charge in [0.1, 0.15) is 10.9 Å². The molecular weight excluding hydrogens is 394 g/mol. The highest BCUT2D eigenvalue weighted by Gasteiger charge is 2.37. The van der Waals surface area contributed by atoms with Crippen LogP contribution in [0.25, 0.3) is 0 Å². The summed E-state index contributed by atoms with van der Waals surface area (Å²) in [5, 5.41) is 38.2. The molecule has 146 valence electrons. The number of carbonyl (C=O) groups excluding carboxylic acids is 2. The molecule has 0 spiro atoms. The standard InChI is InChI=1S/C17H13NO9S/c19-6-10(17(24)25)18-28(26,27)11-5-9-12(16(23)15(11)22)14(21)8-4-2-1-3-7(8)13(9)20/h1-5,10,18-19,22-23H,6H2,(H,24,25)/t10-/m0/s1. The van der Waals surface area contributed by atoms with Crippen LogP contribution in [-0.4, -0.2) is 59.0 Å². The van der Waals surface area contributed by atoms with Gasteiger partial charge in [-0.15, -0.1) is 0 Å². The Morgan fingerprint density at radius 3 is 2.11 bits per heavy atom. The first-order valence-electron chi connectivity index (χ1n) is 7.73. The van der Waals surface area contributed by atoms with Gasteiger partial charge in [-0.2, -0.15) is 4.72 Å². The van der Waals surface area contributed by atoms with Gasteiger partial charge < -0.3 is 20.4 Å². The molecule has 0 saturated heterocycles. The molecule has 0 fully saturated rings. The number of benzene rings is 2. The molecule has 10 nitrogen and oxygen atoms in total. The SMILES string of the molecule is O=C1c2ccccc2C(=O)c2c1cc(S(=O)(=O)N[C@@H](CO)C(=O)O)c(O)c2O. The summed E-state index contributed by atoms with van der Waals surface area (Å²) >= 11 is 0. The van der Waals surface area contributed by atoms with E-state index in [1.54, 1.807) is 4.72 Å². The van der Waals surface area contributed by atoms with E-state index in [1.807, 2.05) is 0 Å². The molecule has 0 bridgehead atoms. The van der Waals surface area contributed by atoms with Crippen LogP contribution < -0.4 is 4.72 Å². The fraction of sp³-hybridized carbons (Fsp3) is 0.118. The van der Waals surface area contributed by atoms with Gasteiger partial charge in [0.05, 0.1) is 12.2 Å². The van der Waals surface area contributed by atoms with Crippen LogP contribution in [-0.2, 0) is 14.8 Å². The number of aromatic hydroxyl groups is 2. The number of nitrogens with one attached hydrogen (secondary N) is 1. The third kappa shape index (κ3) is 2.91. The van der Waals surface area contributed by atoms with E-state index in [-0.39, 0.29) is 11.1 Å². The maximum absolute atomic E-state index is 12.7. The summed E-state index contributed by atoms with van der Waals surface area (Å²) < 4.78 is 26.5. The summed E-state index contributed by atoms with van der Waals surface area (Å²) in [6.07, 6.45) is 0. The van der Waals surface area contributed by atoms with E-state index >= 15 is 0 Å². The molecule has 5 N–H and O–H groups in total. The second-order valence-corrected chi connectivity index (χ2v) is 7.58. The lowest BCUT2D eigenvalue weighted by Crippen LogP contribution is -2.43. The van der Waals surface area contributed by atoms with Crippen LogP contribution in [0.5, 0.6) is 11.5 Å². The predicted molar refractivity (Wildman–Crippen MR) is 91.9 cm³/mol. The number of carboxylic acids is 1. The molecule has 0 amide bonds. The Bertz CT molecular complexity index is 1140. The first kappa shape index (κ1) is 19.5. The average Bonchev–Trinajstić information content (AvgIpc) is 2.65. The lowest BCUT2D eigenvalue weighted by atomic mass is 9.83. The quantitative estimate of drug-likeness (QED) is 0.352. The van der Waals surface area contributed by atoms with Crippen molar-refractivity contribution in [2.75, 3.05) is 6.61 Å². The van der Waals surface area contributed by atoms with E-state index in [4.69, 9.17) is 10.2 Å². The monoisotopic (exact) mass is 407 g/mol. The summed E-state index contributed by atoms with van der Waals surface area (Å²) in [6.45, 7) is -1.09. The van der Waals surface area contributed by atoms with E-state index in [2.05, 4.69) is 0 Å². The zero-order chi connectivity index (χ0) is 20.8. The van der Waals surface area contributed by atoms with Gasteiger partial charge in [-0.25, -0.2) is 8.42 Å². The van der Waals surface area contributed by atoms with E-state index in [9.17, 15) is 33.0 Å². The third-order valence-electron chi connectivity index (χ3n) is 4.19. The highest BCUT2D eigenvalue weighted by atomic mass is 32.2. The Morgan fingerprint density at radius 2 is 1.57 bits per heavy atom. The third-order valence-corrected chi connectivity index (χ3v) is 5.68. The number of rotatable bonds is 5. The molecule has 1 atom stereocenters. The highest BCUT2D eigenvalue weighted by molar-refractivity contribution is 7.89. The molecule has 0 unspecified atom stereocenters. The molecule has 3 rings (SSSR count). The summed E-state index contributed by atoms with van der Waals surface area (Å²) in [4.78, 5) is 35.2. The largest absolute Gasteiger partial charge is 0.504 e. The fourth-order valence-electron chi connectivity index (χ4n) is 2.82. The van der Waals surface area contributed by atoms with Gasteiger partial charge in [0, 0.05) is 16.7 Å². The van der Waals surface area contributed by atoms with Gasteiger partial charge in [-0.1, -0.05) is 24.3 Å². The number of ketones is 2. The van der Waals surface area contributed by atoms with Crippen molar-refractivity contribution in [1.29, 1.82) is 0 Å². The number of aliphatic hydroxyl groups is 1. The molecule has 0 heterocycles. The number of phenols is 2. The molecule has 0 radical (unpaired) electrons. The predicted octanol–water partition coefficient (Wildman–Crippen LogP) is -0.403. The normalized spacial score (nSPS) is 14.3. The smallest absolute Gasteiger partial charge is 0.324 e. The molecule has 0 aromatic heterocycles. The minimum atomic E-state index is -4.79. The van der Waals surface area contributed by atoms with Crippen LogP contribution in [0.4, 0.5) is 0 Å². The van der Waals surface area contributed by atoms with Gasteiger partial charge in [-0.05, 0) is 6.07 Å². The Morgan fingerprint density at radius 1 is 1.00 bits per heavy atom. The minimum Gasteiger partial charge on any atom is -0.504 e. The van der Waals surface area contributed by atoms with Crippen molar-refractivity contribution in [3.63, 3.8) is 0 Å². The number of aliphatic hydroxyl groups excluding tert-OH is 1. The molecule has 1 aliphatic rings. The second-order valence-electron chi connectivity index (χ2n) is 5.89. The van der Waals surface area contributed by atoms with Crippen molar-refractivity contribution in [3.8, 4) is 11.5 Å². The first-order chi connectivity index (χ1) is 13.1.